The van der Waals surface area contributed by atoms with Gasteiger partial charge in [0, 0.05) is 6.42 Å². The Morgan fingerprint density at radius 3 is 1.60 bits per heavy atom. The number of carboxylic acid groups (broad SMARTS) is 4. The molecule has 0 bridgehead atoms. The Morgan fingerprint density at radius 2 is 1.11 bits per heavy atom. The van der Waals surface area contributed by atoms with Crippen molar-refractivity contribution in [2.75, 3.05) is 6.54 Å². The van der Waals surface area contributed by atoms with Crippen LogP contribution in [-0.4, -0.2) is 92.7 Å². The fraction of sp³-hybridized carbons (Fsp3) is 0.632. The van der Waals surface area contributed by atoms with Crippen LogP contribution in [0, 0.1) is 0 Å². The largest absolute Gasteiger partial charge is 0.481 e. The van der Waals surface area contributed by atoms with Gasteiger partial charge in [0.15, 0.2) is 0 Å². The number of amides is 3. The Labute approximate surface area is 199 Å². The lowest BCUT2D eigenvalue weighted by Gasteiger charge is -2.24. The molecule has 16 heteroatoms. The minimum absolute atomic E-state index is 0.203. The van der Waals surface area contributed by atoms with Gasteiger partial charge in [0.25, 0.3) is 0 Å². The topological polar surface area (TPSA) is 289 Å². The molecule has 198 valence electrons. The predicted octanol–water partition coefficient (Wildman–Crippen LogP) is -3.20. The molecule has 0 aliphatic heterocycles. The van der Waals surface area contributed by atoms with E-state index in [0.717, 1.165) is 0 Å². The molecule has 0 aromatic heterocycles. The van der Waals surface area contributed by atoms with Gasteiger partial charge in [-0.3, -0.25) is 28.8 Å². The van der Waals surface area contributed by atoms with Crippen molar-refractivity contribution in [1.82, 2.24) is 16.0 Å². The maximum atomic E-state index is 12.7. The molecule has 35 heavy (non-hydrogen) atoms. The second-order valence-electron chi connectivity index (χ2n) is 7.54. The van der Waals surface area contributed by atoms with Crippen LogP contribution in [0.3, 0.4) is 0 Å². The molecule has 0 spiro atoms. The summed E-state index contributed by atoms with van der Waals surface area (Å²) in [6.07, 6.45) is -1.82. The van der Waals surface area contributed by atoms with Crippen LogP contribution >= 0.6 is 0 Å². The van der Waals surface area contributed by atoms with Crippen molar-refractivity contribution in [1.29, 1.82) is 0 Å². The summed E-state index contributed by atoms with van der Waals surface area (Å²) in [4.78, 5) is 81.6. The molecule has 0 heterocycles. The quantitative estimate of drug-likeness (QED) is 0.0830. The van der Waals surface area contributed by atoms with E-state index in [-0.39, 0.29) is 6.42 Å². The van der Waals surface area contributed by atoms with Crippen molar-refractivity contribution in [3.63, 3.8) is 0 Å². The third-order valence-electron chi connectivity index (χ3n) is 4.59. The molecule has 0 saturated heterocycles. The van der Waals surface area contributed by atoms with Gasteiger partial charge in [-0.05, 0) is 25.8 Å². The molecule has 0 aromatic carbocycles. The average molecular weight is 505 g/mol. The second-order valence-corrected chi connectivity index (χ2v) is 7.54. The SMILES string of the molecule is NCCCCC(N)C(=O)NC(CC(=O)O)C(=O)NC(CCC(=O)O)C(=O)NC(CC(=O)O)C(=O)O. The van der Waals surface area contributed by atoms with Gasteiger partial charge >= 0.3 is 23.9 Å². The first-order chi connectivity index (χ1) is 16.3. The Bertz CT molecular complexity index is 804. The van der Waals surface area contributed by atoms with E-state index in [1.54, 1.807) is 0 Å². The van der Waals surface area contributed by atoms with Crippen molar-refractivity contribution in [3.8, 4) is 0 Å². The summed E-state index contributed by atoms with van der Waals surface area (Å²) in [5, 5.41) is 42.0. The smallest absolute Gasteiger partial charge is 0.326 e. The van der Waals surface area contributed by atoms with Crippen LogP contribution in [0.5, 0.6) is 0 Å². The highest BCUT2D eigenvalue weighted by Crippen LogP contribution is 2.05. The number of aliphatic carboxylic acids is 4. The summed E-state index contributed by atoms with van der Waals surface area (Å²) >= 11 is 0. The van der Waals surface area contributed by atoms with E-state index in [4.69, 9.17) is 31.9 Å². The zero-order valence-electron chi connectivity index (χ0n) is 18.8. The highest BCUT2D eigenvalue weighted by atomic mass is 16.4. The van der Waals surface area contributed by atoms with Crippen LogP contribution in [0.2, 0.25) is 0 Å². The molecule has 0 saturated carbocycles. The zero-order valence-corrected chi connectivity index (χ0v) is 18.8. The van der Waals surface area contributed by atoms with E-state index in [1.165, 1.54) is 0 Å². The summed E-state index contributed by atoms with van der Waals surface area (Å²) in [7, 11) is 0. The van der Waals surface area contributed by atoms with Crippen LogP contribution in [0.25, 0.3) is 0 Å². The Morgan fingerprint density at radius 1 is 0.629 bits per heavy atom. The number of carboxylic acids is 4. The number of nitrogens with two attached hydrogens (primary N) is 2. The van der Waals surface area contributed by atoms with Gasteiger partial charge in [0.05, 0.1) is 18.9 Å². The number of carbonyl (C=O) groups is 7. The minimum Gasteiger partial charge on any atom is -0.481 e. The predicted molar refractivity (Wildman–Crippen MR) is 116 cm³/mol. The second kappa shape index (κ2) is 15.9. The maximum Gasteiger partial charge on any atom is 0.326 e. The lowest BCUT2D eigenvalue weighted by molar-refractivity contribution is -0.147. The normalized spacial score (nSPS) is 14.0. The molecule has 0 aromatic rings. The average Bonchev–Trinajstić information content (AvgIpc) is 2.74. The fourth-order valence-corrected chi connectivity index (χ4v) is 2.76. The van der Waals surface area contributed by atoms with E-state index in [1.807, 2.05) is 5.32 Å². The van der Waals surface area contributed by atoms with Gasteiger partial charge < -0.3 is 47.8 Å². The highest BCUT2D eigenvalue weighted by Gasteiger charge is 2.32. The number of carbonyl (C=O) groups excluding carboxylic acids is 3. The first kappa shape index (κ1) is 31.2. The van der Waals surface area contributed by atoms with Crippen molar-refractivity contribution in [2.45, 2.75) is 69.1 Å². The van der Waals surface area contributed by atoms with Gasteiger partial charge in [0.1, 0.15) is 18.1 Å². The third-order valence-corrected chi connectivity index (χ3v) is 4.59. The van der Waals surface area contributed by atoms with Crippen LogP contribution < -0.4 is 27.4 Å². The van der Waals surface area contributed by atoms with E-state index in [2.05, 4.69) is 10.6 Å². The van der Waals surface area contributed by atoms with E-state index < -0.39 is 91.4 Å². The van der Waals surface area contributed by atoms with Crippen LogP contribution in [-0.2, 0) is 33.6 Å². The van der Waals surface area contributed by atoms with E-state index in [9.17, 15) is 33.6 Å². The lowest BCUT2D eigenvalue weighted by atomic mass is 10.1. The van der Waals surface area contributed by atoms with Crippen molar-refractivity contribution >= 4 is 41.6 Å². The molecule has 0 rings (SSSR count). The number of hydrogen-bond donors (Lipinski definition) is 9. The first-order valence-electron chi connectivity index (χ1n) is 10.5. The molecular weight excluding hydrogens is 474 g/mol. The molecule has 0 aliphatic rings. The van der Waals surface area contributed by atoms with E-state index in [0.29, 0.717) is 19.4 Å². The summed E-state index contributed by atoms with van der Waals surface area (Å²) < 4.78 is 0. The highest BCUT2D eigenvalue weighted by molar-refractivity contribution is 5.96. The van der Waals surface area contributed by atoms with Crippen LogP contribution in [0.15, 0.2) is 0 Å². The molecule has 16 nitrogen and oxygen atoms in total. The van der Waals surface area contributed by atoms with Gasteiger partial charge in [-0.2, -0.15) is 0 Å². The molecule has 0 aliphatic carbocycles. The van der Waals surface area contributed by atoms with Gasteiger partial charge in [-0.15, -0.1) is 0 Å². The summed E-state index contributed by atoms with van der Waals surface area (Å²) in [5.74, 6) is -9.32. The zero-order chi connectivity index (χ0) is 27.1. The lowest BCUT2D eigenvalue weighted by Crippen LogP contribution is -2.57. The van der Waals surface area contributed by atoms with Crippen molar-refractivity contribution < 1.29 is 54.0 Å². The molecule has 11 N–H and O–H groups in total. The van der Waals surface area contributed by atoms with Gasteiger partial charge in [-0.1, -0.05) is 6.42 Å². The minimum atomic E-state index is -1.88. The summed E-state index contributed by atoms with van der Waals surface area (Å²) in [6.45, 7) is 0.368. The molecule has 4 atom stereocenters. The Balaban J connectivity index is 5.54. The number of nitrogens with one attached hydrogen (secondary N) is 3. The fourth-order valence-electron chi connectivity index (χ4n) is 2.76. The summed E-state index contributed by atoms with van der Waals surface area (Å²) in [5.41, 5.74) is 11.1. The monoisotopic (exact) mass is 505 g/mol. The van der Waals surface area contributed by atoms with Gasteiger partial charge in [-0.25, -0.2) is 4.79 Å². The molecule has 4 unspecified atom stereocenters. The molecular formula is C19H31N5O11. The van der Waals surface area contributed by atoms with Crippen molar-refractivity contribution in [2.24, 2.45) is 11.5 Å². The third kappa shape index (κ3) is 13.5. The number of hydrogen-bond acceptors (Lipinski definition) is 9. The number of rotatable bonds is 18. The molecule has 3 amide bonds. The first-order valence-corrected chi connectivity index (χ1v) is 10.5. The maximum absolute atomic E-state index is 12.7. The standard InChI is InChI=1S/C19H31N5O11/c20-6-2-1-3-9(21)16(31)23-11(7-14(27)28)18(33)22-10(4-5-13(25)26)17(32)24-12(19(34)35)8-15(29)30/h9-12H,1-8,20-21H2,(H,22,33)(H,23,31)(H,24,32)(H,25,26)(H,27,28)(H,29,30)(H,34,35). The Hall–Kier alpha value is -3.79. The molecule has 0 radical (unpaired) electrons. The van der Waals surface area contributed by atoms with Gasteiger partial charge in [0.2, 0.25) is 17.7 Å². The van der Waals surface area contributed by atoms with E-state index >= 15 is 0 Å². The van der Waals surface area contributed by atoms with Crippen LogP contribution in [0.1, 0.15) is 44.9 Å². The van der Waals surface area contributed by atoms with Crippen LogP contribution in [0.4, 0.5) is 0 Å². The number of unbranched alkanes of at least 4 members (excludes halogenated alkanes) is 1. The molecule has 0 fully saturated rings. The Kier molecular flexibility index (Phi) is 14.2. The van der Waals surface area contributed by atoms with Crippen molar-refractivity contribution in [3.05, 3.63) is 0 Å². The summed E-state index contributed by atoms with van der Waals surface area (Å²) in [6, 6.07) is -6.34.